The minimum absolute atomic E-state index is 0.615. The van der Waals surface area contributed by atoms with E-state index in [9.17, 15) is 0 Å². The average molecular weight is 260 g/mol. The van der Waals surface area contributed by atoms with Crippen molar-refractivity contribution in [1.82, 2.24) is 30.6 Å². The van der Waals surface area contributed by atoms with E-state index in [1.807, 2.05) is 17.1 Å². The molecule has 1 saturated heterocycles. The maximum atomic E-state index is 4.13. The number of hydrogen-bond acceptors (Lipinski definition) is 6. The zero-order valence-corrected chi connectivity index (χ0v) is 10.7. The fraction of sp³-hybridized carbons (Fsp3) is 0.455. The number of nitrogens with zero attached hydrogens (tertiary/aromatic N) is 6. The largest absolute Gasteiger partial charge is 0.304 e. The number of aromatic nitrogens is 3. The molecule has 0 amide bonds. The normalized spacial score (nSPS) is 18.4. The number of nitrogens with one attached hydrogen (secondary N) is 2. The fourth-order valence-electron chi connectivity index (χ4n) is 1.96. The third-order valence-corrected chi connectivity index (χ3v) is 3.15. The van der Waals surface area contributed by atoms with E-state index in [2.05, 4.69) is 43.0 Å². The number of hydrogen-bond donors (Lipinski definition) is 2. The molecule has 19 heavy (non-hydrogen) atoms. The minimum Gasteiger partial charge on any atom is -0.304 e. The maximum Gasteiger partial charge on any atom is 0.183 e. The zero-order chi connectivity index (χ0) is 13.1. The van der Waals surface area contributed by atoms with Crippen molar-refractivity contribution in [3.05, 3.63) is 18.3 Å². The fourth-order valence-corrected chi connectivity index (χ4v) is 1.96. The molecule has 1 aliphatic heterocycles. The lowest BCUT2D eigenvalue weighted by Crippen LogP contribution is -2.48. The summed E-state index contributed by atoms with van der Waals surface area (Å²) in [5.74, 6) is 0.615. The number of hydrazine groups is 1. The van der Waals surface area contributed by atoms with Gasteiger partial charge in [0.25, 0.3) is 0 Å². The summed E-state index contributed by atoms with van der Waals surface area (Å²) in [6, 6.07) is 3.76. The van der Waals surface area contributed by atoms with Crippen molar-refractivity contribution in [3.8, 4) is 0 Å². The molecular formula is C11H16N8. The first-order valence-corrected chi connectivity index (χ1v) is 6.22. The number of fused-ring (bicyclic) bond motifs is 1. The molecule has 0 atom stereocenters. The molecule has 0 bridgehead atoms. The topological polar surface area (TPSA) is 84.8 Å². The summed E-state index contributed by atoms with van der Waals surface area (Å²) in [5.41, 5.74) is 3.59. The second kappa shape index (κ2) is 5.29. The Kier molecular flexibility index (Phi) is 3.34. The van der Waals surface area contributed by atoms with Gasteiger partial charge in [-0.3, -0.25) is 5.10 Å². The Balaban J connectivity index is 1.63. The second-order valence-corrected chi connectivity index (χ2v) is 4.54. The second-order valence-electron chi connectivity index (χ2n) is 4.54. The quantitative estimate of drug-likeness (QED) is 0.627. The lowest BCUT2D eigenvalue weighted by Gasteiger charge is -2.30. The predicted octanol–water partition coefficient (Wildman–Crippen LogP) is 0.709. The Hall–Kier alpha value is -2.06. The van der Waals surface area contributed by atoms with E-state index < -0.39 is 0 Å². The Morgan fingerprint density at radius 3 is 3.00 bits per heavy atom. The predicted molar refractivity (Wildman–Crippen MR) is 70.6 cm³/mol. The molecule has 8 heteroatoms. The van der Waals surface area contributed by atoms with Crippen molar-refractivity contribution in [2.45, 2.75) is 0 Å². The van der Waals surface area contributed by atoms with Crippen LogP contribution in [-0.4, -0.2) is 58.3 Å². The number of H-pyrrole nitrogens is 1. The molecule has 1 aliphatic rings. The molecule has 1 fully saturated rings. The van der Waals surface area contributed by atoms with Crippen molar-refractivity contribution in [3.63, 3.8) is 0 Å². The van der Waals surface area contributed by atoms with Gasteiger partial charge in [0.15, 0.2) is 11.5 Å². The summed E-state index contributed by atoms with van der Waals surface area (Å²) >= 11 is 0. The smallest absolute Gasteiger partial charge is 0.183 e. The zero-order valence-electron chi connectivity index (χ0n) is 10.7. The molecule has 0 saturated carbocycles. The summed E-state index contributed by atoms with van der Waals surface area (Å²) in [7, 11) is 2.11. The van der Waals surface area contributed by atoms with Crippen LogP contribution in [0.4, 0.5) is 5.82 Å². The van der Waals surface area contributed by atoms with Crippen LogP contribution in [0.1, 0.15) is 0 Å². The molecule has 0 unspecified atom stereocenters. The van der Waals surface area contributed by atoms with Crippen LogP contribution in [0.2, 0.25) is 0 Å². The van der Waals surface area contributed by atoms with Crippen molar-refractivity contribution in [1.29, 1.82) is 0 Å². The van der Waals surface area contributed by atoms with E-state index >= 15 is 0 Å². The van der Waals surface area contributed by atoms with E-state index in [0.717, 1.165) is 31.6 Å². The van der Waals surface area contributed by atoms with Gasteiger partial charge >= 0.3 is 0 Å². The highest BCUT2D eigenvalue weighted by Gasteiger charge is 2.12. The van der Waals surface area contributed by atoms with Gasteiger partial charge in [-0.2, -0.15) is 5.10 Å². The first-order chi connectivity index (χ1) is 9.33. The van der Waals surface area contributed by atoms with Crippen LogP contribution < -0.4 is 5.53 Å². The van der Waals surface area contributed by atoms with Gasteiger partial charge in [0, 0.05) is 32.4 Å². The monoisotopic (exact) mass is 260 g/mol. The van der Waals surface area contributed by atoms with Crippen molar-refractivity contribution >= 4 is 16.9 Å². The van der Waals surface area contributed by atoms with E-state index in [1.165, 1.54) is 0 Å². The first-order valence-electron chi connectivity index (χ1n) is 6.22. The molecule has 2 aromatic rings. The highest BCUT2D eigenvalue weighted by atomic mass is 15.7. The molecule has 0 spiro atoms. The molecule has 3 rings (SSSR count). The van der Waals surface area contributed by atoms with Crippen LogP contribution in [0, 0.1) is 0 Å². The first kappa shape index (κ1) is 12.0. The molecule has 0 aromatic carbocycles. The summed E-state index contributed by atoms with van der Waals surface area (Å²) in [4.78, 5) is 6.41. The van der Waals surface area contributed by atoms with Crippen LogP contribution in [0.3, 0.4) is 0 Å². The number of piperazine rings is 1. The summed E-state index contributed by atoms with van der Waals surface area (Å²) in [5, 5.41) is 17.9. The SMILES string of the molecule is CN1CCN(NN=Nc2[nH]nc3ncccc23)CC1. The highest BCUT2D eigenvalue weighted by Crippen LogP contribution is 2.20. The summed E-state index contributed by atoms with van der Waals surface area (Å²) < 4.78 is 0. The van der Waals surface area contributed by atoms with Gasteiger partial charge in [-0.1, -0.05) is 5.22 Å². The standard InChI is InChI=1S/C11H16N8/c1-18-5-7-19(8-6-18)17-16-15-11-9-3-2-4-12-10(9)13-14-11/h2-4H,5-8H2,1H3,(H2,12,13,14,15,17). The van der Waals surface area contributed by atoms with Gasteiger partial charge in [0.05, 0.1) is 5.39 Å². The molecular weight excluding hydrogens is 244 g/mol. The molecule has 2 N–H and O–H groups in total. The summed E-state index contributed by atoms with van der Waals surface area (Å²) in [6.45, 7) is 3.92. The van der Waals surface area contributed by atoms with Gasteiger partial charge < -0.3 is 4.90 Å². The number of rotatable bonds is 3. The van der Waals surface area contributed by atoms with Gasteiger partial charge in [-0.05, 0) is 19.2 Å². The molecule has 100 valence electrons. The average Bonchev–Trinajstić information content (AvgIpc) is 2.85. The van der Waals surface area contributed by atoms with Gasteiger partial charge in [0.1, 0.15) is 0 Å². The minimum atomic E-state index is 0.615. The molecule has 0 radical (unpaired) electrons. The number of pyridine rings is 1. The van der Waals surface area contributed by atoms with Crippen LogP contribution >= 0.6 is 0 Å². The Labute approximate surface area is 110 Å². The molecule has 0 aliphatic carbocycles. The lowest BCUT2D eigenvalue weighted by atomic mass is 10.3. The van der Waals surface area contributed by atoms with Crippen molar-refractivity contribution in [2.24, 2.45) is 10.3 Å². The number of likely N-dealkylation sites (N-methyl/N-ethyl adjacent to an activating group) is 1. The molecule has 2 aromatic heterocycles. The van der Waals surface area contributed by atoms with E-state index in [1.54, 1.807) is 6.20 Å². The van der Waals surface area contributed by atoms with Crippen LogP contribution in [-0.2, 0) is 0 Å². The van der Waals surface area contributed by atoms with E-state index in [4.69, 9.17) is 0 Å². The third-order valence-electron chi connectivity index (χ3n) is 3.15. The van der Waals surface area contributed by atoms with Crippen LogP contribution in [0.15, 0.2) is 28.7 Å². The Morgan fingerprint density at radius 2 is 2.16 bits per heavy atom. The van der Waals surface area contributed by atoms with Gasteiger partial charge in [0.2, 0.25) is 0 Å². The van der Waals surface area contributed by atoms with Gasteiger partial charge in [-0.15, -0.1) is 5.11 Å². The summed E-state index contributed by atoms with van der Waals surface area (Å²) in [6.07, 6.45) is 1.70. The van der Waals surface area contributed by atoms with E-state index in [-0.39, 0.29) is 0 Å². The van der Waals surface area contributed by atoms with E-state index in [0.29, 0.717) is 11.5 Å². The Bertz CT molecular complexity index is 569. The highest BCUT2D eigenvalue weighted by molar-refractivity contribution is 5.84. The van der Waals surface area contributed by atoms with Crippen LogP contribution in [0.5, 0.6) is 0 Å². The third kappa shape index (κ3) is 2.69. The van der Waals surface area contributed by atoms with Crippen LogP contribution in [0.25, 0.3) is 11.0 Å². The number of aromatic amines is 1. The lowest BCUT2D eigenvalue weighted by molar-refractivity contribution is 0.103. The molecule has 8 nitrogen and oxygen atoms in total. The molecule has 3 heterocycles. The Morgan fingerprint density at radius 1 is 1.32 bits per heavy atom. The van der Waals surface area contributed by atoms with Crippen molar-refractivity contribution < 1.29 is 0 Å². The van der Waals surface area contributed by atoms with Crippen molar-refractivity contribution in [2.75, 3.05) is 33.2 Å². The van der Waals surface area contributed by atoms with Gasteiger partial charge in [-0.25, -0.2) is 15.5 Å². The maximum absolute atomic E-state index is 4.13.